The minimum absolute atomic E-state index is 0.197. The Morgan fingerprint density at radius 1 is 1.20 bits per heavy atom. The van der Waals surface area contributed by atoms with Gasteiger partial charge in [-0.15, -0.1) is 0 Å². The maximum Gasteiger partial charge on any atom is 0.333 e. The van der Waals surface area contributed by atoms with Gasteiger partial charge < -0.3 is 4.74 Å². The van der Waals surface area contributed by atoms with Crippen LogP contribution in [0, 0.1) is 0 Å². The van der Waals surface area contributed by atoms with Gasteiger partial charge in [0.25, 0.3) is 5.12 Å². The molecule has 0 radical (unpaired) electrons. The van der Waals surface area contributed by atoms with E-state index in [1.54, 1.807) is 0 Å². The van der Waals surface area contributed by atoms with Crippen LogP contribution in [0.1, 0.15) is 13.8 Å². The molecule has 0 bridgehead atoms. The van der Waals surface area contributed by atoms with Crippen LogP contribution in [0.25, 0.3) is 0 Å². The van der Waals surface area contributed by atoms with Crippen molar-refractivity contribution in [3.63, 3.8) is 0 Å². The molecular formula is C9H14O9S2. The highest BCUT2D eigenvalue weighted by atomic mass is 32.2. The second-order valence-corrected chi connectivity index (χ2v) is 6.28. The van der Waals surface area contributed by atoms with Crippen LogP contribution < -0.4 is 0 Å². The Labute approximate surface area is 116 Å². The zero-order chi connectivity index (χ0) is 16.7. The van der Waals surface area contributed by atoms with Crippen molar-refractivity contribution in [1.29, 1.82) is 0 Å². The summed E-state index contributed by atoms with van der Waals surface area (Å²) in [5.41, 5.74) is -1.74. The second kappa shape index (κ2) is 7.89. The number of ether oxygens (including phenoxy) is 1. The van der Waals surface area contributed by atoms with Crippen molar-refractivity contribution < 1.29 is 40.3 Å². The third-order valence-corrected chi connectivity index (χ3v) is 3.20. The Morgan fingerprint density at radius 2 is 1.60 bits per heavy atom. The van der Waals surface area contributed by atoms with Crippen LogP contribution in [0.4, 0.5) is 0 Å². The third-order valence-electron chi connectivity index (χ3n) is 1.45. The first-order chi connectivity index (χ1) is 8.73. The van der Waals surface area contributed by atoms with Gasteiger partial charge in [0.05, 0.1) is 0 Å². The molecule has 0 amide bonds. The molecule has 1 unspecified atom stereocenters. The molecule has 0 fully saturated rings. The molecule has 0 saturated carbocycles. The third kappa shape index (κ3) is 9.38. The molecule has 0 saturated heterocycles. The first-order valence-corrected chi connectivity index (χ1v) is 7.64. The van der Waals surface area contributed by atoms with Crippen molar-refractivity contribution in [3.8, 4) is 0 Å². The molecule has 0 aliphatic carbocycles. The number of rotatable bonds is 4. The first-order valence-electron chi connectivity index (χ1n) is 4.70. The summed E-state index contributed by atoms with van der Waals surface area (Å²) in [4.78, 5) is 20.6. The SMILES string of the molecule is C=C(C)C(=O)S(=O)(=O)O.C=CC(=O)OC(C)S(=O)(=O)O. The summed E-state index contributed by atoms with van der Waals surface area (Å²) < 4.78 is 60.8. The highest BCUT2D eigenvalue weighted by Crippen LogP contribution is 1.99. The van der Waals surface area contributed by atoms with Crippen molar-refractivity contribution in [1.82, 2.24) is 0 Å². The molecule has 0 aliphatic heterocycles. The van der Waals surface area contributed by atoms with E-state index in [0.29, 0.717) is 0 Å². The van der Waals surface area contributed by atoms with Gasteiger partial charge >= 0.3 is 26.2 Å². The van der Waals surface area contributed by atoms with Gasteiger partial charge in [0.2, 0.25) is 5.44 Å². The number of carbonyl (C=O) groups is 2. The monoisotopic (exact) mass is 330 g/mol. The minimum atomic E-state index is -4.54. The number of carbonyl (C=O) groups excluding carboxylic acids is 2. The van der Waals surface area contributed by atoms with Gasteiger partial charge in [-0.25, -0.2) is 4.79 Å². The van der Waals surface area contributed by atoms with Gasteiger partial charge in [0.1, 0.15) is 0 Å². The molecule has 2 N–H and O–H groups in total. The number of hydrogen-bond donors (Lipinski definition) is 2. The minimum Gasteiger partial charge on any atom is -0.440 e. The van der Waals surface area contributed by atoms with Crippen molar-refractivity contribution in [2.24, 2.45) is 0 Å². The molecule has 0 aromatic rings. The first kappa shape index (κ1) is 20.8. The molecule has 0 spiro atoms. The fourth-order valence-corrected chi connectivity index (χ4v) is 1.15. The molecule has 0 heterocycles. The fourth-order valence-electron chi connectivity index (χ4n) is 0.493. The summed E-state index contributed by atoms with van der Waals surface area (Å²) in [6, 6.07) is 0. The lowest BCUT2D eigenvalue weighted by molar-refractivity contribution is -0.139. The number of hydrogen-bond acceptors (Lipinski definition) is 7. The molecular weight excluding hydrogens is 316 g/mol. The average molecular weight is 330 g/mol. The van der Waals surface area contributed by atoms with Crippen molar-refractivity contribution in [2.75, 3.05) is 0 Å². The second-order valence-electron chi connectivity index (χ2n) is 3.27. The lowest BCUT2D eigenvalue weighted by atomic mass is 10.4. The molecule has 0 rings (SSSR count). The van der Waals surface area contributed by atoms with E-state index >= 15 is 0 Å². The zero-order valence-corrected chi connectivity index (χ0v) is 12.3. The summed E-state index contributed by atoms with van der Waals surface area (Å²) >= 11 is 0. The van der Waals surface area contributed by atoms with Crippen LogP contribution in [0.15, 0.2) is 24.8 Å². The van der Waals surface area contributed by atoms with Crippen LogP contribution in [0.5, 0.6) is 0 Å². The molecule has 0 aromatic heterocycles. The Kier molecular flexibility index (Phi) is 8.19. The van der Waals surface area contributed by atoms with E-state index in [4.69, 9.17) is 9.11 Å². The average Bonchev–Trinajstić information content (AvgIpc) is 2.25. The van der Waals surface area contributed by atoms with Crippen molar-refractivity contribution >= 4 is 31.3 Å². The smallest absolute Gasteiger partial charge is 0.333 e. The molecule has 0 aromatic carbocycles. The van der Waals surface area contributed by atoms with Gasteiger partial charge in [0.15, 0.2) is 0 Å². The highest BCUT2D eigenvalue weighted by Gasteiger charge is 2.20. The number of esters is 1. The summed E-state index contributed by atoms with van der Waals surface area (Å²) in [7, 11) is -8.84. The quantitative estimate of drug-likeness (QED) is 0.409. The van der Waals surface area contributed by atoms with Gasteiger partial charge in [-0.3, -0.25) is 13.9 Å². The fraction of sp³-hybridized carbons (Fsp3) is 0.333. The summed E-state index contributed by atoms with van der Waals surface area (Å²) in [5, 5.41) is -1.33. The normalized spacial score (nSPS) is 12.4. The Bertz CT molecular complexity index is 597. The van der Waals surface area contributed by atoms with Crippen LogP contribution >= 0.6 is 0 Å². The van der Waals surface area contributed by atoms with Crippen LogP contribution in [0.2, 0.25) is 0 Å². The Morgan fingerprint density at radius 3 is 1.75 bits per heavy atom. The van der Waals surface area contributed by atoms with E-state index in [-0.39, 0.29) is 5.57 Å². The van der Waals surface area contributed by atoms with Gasteiger partial charge in [0, 0.05) is 11.6 Å². The zero-order valence-electron chi connectivity index (χ0n) is 10.6. The lowest BCUT2D eigenvalue weighted by Crippen LogP contribution is -2.22. The van der Waals surface area contributed by atoms with Gasteiger partial charge in [-0.2, -0.15) is 16.8 Å². The summed E-state index contributed by atoms with van der Waals surface area (Å²) in [6.45, 7) is 8.32. The van der Waals surface area contributed by atoms with E-state index < -0.39 is 36.8 Å². The van der Waals surface area contributed by atoms with Crippen molar-refractivity contribution in [3.05, 3.63) is 24.8 Å². The Balaban J connectivity index is 0. The van der Waals surface area contributed by atoms with Crippen LogP contribution in [0.3, 0.4) is 0 Å². The largest absolute Gasteiger partial charge is 0.440 e. The predicted molar refractivity (Wildman–Crippen MR) is 68.7 cm³/mol. The maximum absolute atomic E-state index is 10.4. The Hall–Kier alpha value is -1.56. The van der Waals surface area contributed by atoms with E-state index in [1.165, 1.54) is 6.92 Å². The van der Waals surface area contributed by atoms with E-state index in [1.807, 2.05) is 0 Å². The van der Waals surface area contributed by atoms with E-state index in [2.05, 4.69) is 17.9 Å². The van der Waals surface area contributed by atoms with Gasteiger partial charge in [-0.1, -0.05) is 13.2 Å². The van der Waals surface area contributed by atoms with E-state index in [0.717, 1.165) is 13.0 Å². The van der Waals surface area contributed by atoms with Crippen molar-refractivity contribution in [2.45, 2.75) is 19.3 Å². The molecule has 116 valence electrons. The molecule has 20 heavy (non-hydrogen) atoms. The topological polar surface area (TPSA) is 152 Å². The standard InChI is InChI=1S/C5H8O5S.C4H6O4S/c1-3-5(6)10-4(2)11(7,8)9;1-3(2)4(5)9(6,7)8/h3-4H,1H2,2H3,(H,7,8,9);1H2,2H3,(H,6,7,8). The molecule has 9 nitrogen and oxygen atoms in total. The summed E-state index contributed by atoms with van der Waals surface area (Å²) in [5.74, 6) is -0.893. The molecule has 1 atom stereocenters. The molecule has 11 heteroatoms. The van der Waals surface area contributed by atoms with Gasteiger partial charge in [-0.05, 0) is 13.8 Å². The summed E-state index contributed by atoms with van der Waals surface area (Å²) in [6.07, 6.45) is 0.807. The predicted octanol–water partition coefficient (Wildman–Crippen LogP) is -0.0737. The maximum atomic E-state index is 10.4. The van der Waals surface area contributed by atoms with Crippen LogP contribution in [-0.2, 0) is 34.6 Å². The highest BCUT2D eigenvalue weighted by molar-refractivity contribution is 8.01. The van der Waals surface area contributed by atoms with Crippen LogP contribution in [-0.4, -0.2) is 42.5 Å². The lowest BCUT2D eigenvalue weighted by Gasteiger charge is -2.06. The molecule has 0 aliphatic rings. The van der Waals surface area contributed by atoms with E-state index in [9.17, 15) is 26.4 Å².